The summed E-state index contributed by atoms with van der Waals surface area (Å²) in [4.78, 5) is 12.6. The zero-order chi connectivity index (χ0) is 12.8. The first-order valence-corrected chi connectivity index (χ1v) is 5.72. The molecule has 0 heterocycles. The van der Waals surface area contributed by atoms with Gasteiger partial charge in [-0.2, -0.15) is 0 Å². The minimum atomic E-state index is -0.782. The second-order valence-electron chi connectivity index (χ2n) is 3.98. The van der Waals surface area contributed by atoms with Crippen molar-refractivity contribution in [1.82, 2.24) is 0 Å². The van der Waals surface area contributed by atoms with Crippen LogP contribution in [-0.4, -0.2) is 30.8 Å². The molecule has 1 unspecified atom stereocenters. The van der Waals surface area contributed by atoms with Crippen LogP contribution in [0.5, 0.6) is 5.75 Å². The van der Waals surface area contributed by atoms with Crippen molar-refractivity contribution in [3.05, 3.63) is 24.3 Å². The summed E-state index contributed by atoms with van der Waals surface area (Å²) in [7, 11) is 1.89. The molecule has 0 aromatic heterocycles. The topological polar surface area (TPSA) is 49.8 Å². The smallest absolute Gasteiger partial charge is 0.305 e. The van der Waals surface area contributed by atoms with Crippen LogP contribution in [0.2, 0.25) is 0 Å². The maximum atomic E-state index is 10.6. The van der Waals surface area contributed by atoms with Crippen molar-refractivity contribution in [2.24, 2.45) is 0 Å². The van der Waals surface area contributed by atoms with Gasteiger partial charge in [-0.05, 0) is 38.1 Å². The van der Waals surface area contributed by atoms with E-state index < -0.39 is 5.97 Å². The second kappa shape index (κ2) is 6.13. The van der Waals surface area contributed by atoms with E-state index in [-0.39, 0.29) is 12.5 Å². The Morgan fingerprint density at radius 1 is 1.41 bits per heavy atom. The lowest BCUT2D eigenvalue weighted by Crippen LogP contribution is -2.30. The average molecular weight is 237 g/mol. The van der Waals surface area contributed by atoms with Crippen LogP contribution in [0.15, 0.2) is 24.3 Å². The molecule has 0 saturated heterocycles. The minimum absolute atomic E-state index is 0.0366. The van der Waals surface area contributed by atoms with E-state index in [1.165, 1.54) is 0 Å². The van der Waals surface area contributed by atoms with Gasteiger partial charge < -0.3 is 14.7 Å². The average Bonchev–Trinajstić information content (AvgIpc) is 2.28. The molecule has 0 spiro atoms. The summed E-state index contributed by atoms with van der Waals surface area (Å²) in [6.45, 7) is 4.48. The first kappa shape index (κ1) is 13.4. The lowest BCUT2D eigenvalue weighted by Gasteiger charge is -2.25. The van der Waals surface area contributed by atoms with E-state index in [2.05, 4.69) is 0 Å². The molecular weight excluding hydrogens is 218 g/mol. The highest BCUT2D eigenvalue weighted by Crippen LogP contribution is 2.20. The molecule has 0 aliphatic rings. The molecule has 0 fully saturated rings. The van der Waals surface area contributed by atoms with E-state index in [9.17, 15) is 4.79 Å². The molecule has 0 bridgehead atoms. The Morgan fingerprint density at radius 2 is 2.00 bits per heavy atom. The van der Waals surface area contributed by atoms with E-state index in [4.69, 9.17) is 9.84 Å². The fourth-order valence-electron chi connectivity index (χ4n) is 1.59. The molecule has 94 valence electrons. The third-order valence-electron chi connectivity index (χ3n) is 2.69. The Labute approximate surface area is 102 Å². The van der Waals surface area contributed by atoms with Crippen LogP contribution in [0.25, 0.3) is 0 Å². The van der Waals surface area contributed by atoms with Crippen molar-refractivity contribution in [3.63, 3.8) is 0 Å². The van der Waals surface area contributed by atoms with E-state index in [1.807, 2.05) is 50.1 Å². The highest BCUT2D eigenvalue weighted by atomic mass is 16.5. The van der Waals surface area contributed by atoms with E-state index in [0.717, 1.165) is 11.4 Å². The molecule has 4 heteroatoms. The van der Waals surface area contributed by atoms with Gasteiger partial charge in [-0.1, -0.05) is 0 Å². The number of carbonyl (C=O) groups is 1. The van der Waals surface area contributed by atoms with Gasteiger partial charge in [-0.15, -0.1) is 0 Å². The van der Waals surface area contributed by atoms with Crippen LogP contribution in [-0.2, 0) is 4.79 Å². The largest absolute Gasteiger partial charge is 0.494 e. The van der Waals surface area contributed by atoms with Crippen LogP contribution in [0.1, 0.15) is 20.3 Å². The standard InChI is InChI=1S/C13H19NO3/c1-4-17-12-7-5-11(6-8-12)14(3)10(2)9-13(15)16/h5-8,10H,4,9H2,1-3H3,(H,15,16). The van der Waals surface area contributed by atoms with Gasteiger partial charge in [0.15, 0.2) is 0 Å². The van der Waals surface area contributed by atoms with Gasteiger partial charge in [0.05, 0.1) is 13.0 Å². The lowest BCUT2D eigenvalue weighted by atomic mass is 10.2. The van der Waals surface area contributed by atoms with Gasteiger partial charge >= 0.3 is 5.97 Å². The zero-order valence-corrected chi connectivity index (χ0v) is 10.5. The summed E-state index contributed by atoms with van der Waals surface area (Å²) in [5, 5.41) is 8.75. The van der Waals surface area contributed by atoms with Crippen LogP contribution in [0.3, 0.4) is 0 Å². The summed E-state index contributed by atoms with van der Waals surface area (Å²) in [5.41, 5.74) is 0.988. The zero-order valence-electron chi connectivity index (χ0n) is 10.5. The number of rotatable bonds is 6. The predicted octanol–water partition coefficient (Wildman–Crippen LogP) is 2.38. The van der Waals surface area contributed by atoms with Gasteiger partial charge in [0.25, 0.3) is 0 Å². The quantitative estimate of drug-likeness (QED) is 0.825. The highest BCUT2D eigenvalue weighted by Gasteiger charge is 2.13. The molecule has 17 heavy (non-hydrogen) atoms. The minimum Gasteiger partial charge on any atom is -0.494 e. The Bertz CT molecular complexity index is 361. The number of carboxylic acids is 1. The maximum Gasteiger partial charge on any atom is 0.305 e. The van der Waals surface area contributed by atoms with E-state index in [0.29, 0.717) is 6.61 Å². The number of ether oxygens (including phenoxy) is 1. The Hall–Kier alpha value is -1.71. The van der Waals surface area contributed by atoms with Crippen molar-refractivity contribution in [1.29, 1.82) is 0 Å². The molecule has 1 aromatic carbocycles. The molecule has 0 saturated carbocycles. The summed E-state index contributed by atoms with van der Waals surface area (Å²) in [6, 6.07) is 7.61. The molecule has 0 radical (unpaired) electrons. The Balaban J connectivity index is 2.68. The SMILES string of the molecule is CCOc1ccc(N(C)C(C)CC(=O)O)cc1. The third-order valence-corrected chi connectivity index (χ3v) is 2.69. The summed E-state index contributed by atoms with van der Waals surface area (Å²) >= 11 is 0. The number of aliphatic carboxylic acids is 1. The highest BCUT2D eigenvalue weighted by molar-refractivity contribution is 5.68. The summed E-state index contributed by atoms with van der Waals surface area (Å²) in [5.74, 6) is 0.0471. The maximum absolute atomic E-state index is 10.6. The van der Waals surface area contributed by atoms with E-state index in [1.54, 1.807) is 0 Å². The normalized spacial score (nSPS) is 11.9. The fraction of sp³-hybridized carbons (Fsp3) is 0.462. The molecule has 1 N–H and O–H groups in total. The number of anilines is 1. The number of nitrogens with zero attached hydrogens (tertiary/aromatic N) is 1. The number of hydrogen-bond acceptors (Lipinski definition) is 3. The monoisotopic (exact) mass is 237 g/mol. The Morgan fingerprint density at radius 3 is 2.47 bits per heavy atom. The third kappa shape index (κ3) is 3.98. The summed E-state index contributed by atoms with van der Waals surface area (Å²) in [6.07, 6.45) is 0.129. The summed E-state index contributed by atoms with van der Waals surface area (Å²) < 4.78 is 5.35. The molecule has 0 aliphatic heterocycles. The van der Waals surface area contributed by atoms with Crippen molar-refractivity contribution < 1.29 is 14.6 Å². The van der Waals surface area contributed by atoms with Crippen molar-refractivity contribution >= 4 is 11.7 Å². The van der Waals surface area contributed by atoms with Gasteiger partial charge in [-0.3, -0.25) is 4.79 Å². The van der Waals surface area contributed by atoms with Crippen LogP contribution >= 0.6 is 0 Å². The number of hydrogen-bond donors (Lipinski definition) is 1. The molecule has 0 aliphatic carbocycles. The molecular formula is C13H19NO3. The second-order valence-corrected chi connectivity index (χ2v) is 3.98. The van der Waals surface area contributed by atoms with E-state index >= 15 is 0 Å². The van der Waals surface area contributed by atoms with Crippen molar-refractivity contribution in [2.45, 2.75) is 26.3 Å². The van der Waals surface area contributed by atoms with Gasteiger partial charge in [0.1, 0.15) is 5.75 Å². The van der Waals surface area contributed by atoms with Gasteiger partial charge in [0, 0.05) is 18.8 Å². The van der Waals surface area contributed by atoms with Gasteiger partial charge in [-0.25, -0.2) is 0 Å². The first-order valence-electron chi connectivity index (χ1n) is 5.72. The molecule has 1 atom stereocenters. The first-order chi connectivity index (χ1) is 8.04. The fourth-order valence-corrected chi connectivity index (χ4v) is 1.59. The molecule has 4 nitrogen and oxygen atoms in total. The molecule has 1 aromatic rings. The molecule has 0 amide bonds. The van der Waals surface area contributed by atoms with Crippen LogP contribution < -0.4 is 9.64 Å². The lowest BCUT2D eigenvalue weighted by molar-refractivity contribution is -0.137. The van der Waals surface area contributed by atoms with Crippen molar-refractivity contribution in [3.8, 4) is 5.75 Å². The van der Waals surface area contributed by atoms with Crippen molar-refractivity contribution in [2.75, 3.05) is 18.6 Å². The number of benzene rings is 1. The van der Waals surface area contributed by atoms with Crippen LogP contribution in [0, 0.1) is 0 Å². The molecule has 1 rings (SSSR count). The van der Waals surface area contributed by atoms with Gasteiger partial charge in [0.2, 0.25) is 0 Å². The Kier molecular flexibility index (Phi) is 4.82. The number of carboxylic acid groups (broad SMARTS) is 1. The van der Waals surface area contributed by atoms with Crippen LogP contribution in [0.4, 0.5) is 5.69 Å². The predicted molar refractivity (Wildman–Crippen MR) is 67.7 cm³/mol.